The van der Waals surface area contributed by atoms with Crippen LogP contribution < -0.4 is 10.1 Å². The number of carbonyl (C=O) groups is 1. The Hall–Kier alpha value is -3.07. The Bertz CT molecular complexity index is 872. The summed E-state index contributed by atoms with van der Waals surface area (Å²) in [7, 11) is 1.59. The van der Waals surface area contributed by atoms with Gasteiger partial charge in [0.2, 0.25) is 11.8 Å². The minimum Gasteiger partial charge on any atom is -0.481 e. The van der Waals surface area contributed by atoms with Gasteiger partial charge in [0, 0.05) is 36.6 Å². The number of nitrogens with one attached hydrogen (secondary N) is 1. The molecular formula is C19H18N4O2. The van der Waals surface area contributed by atoms with Crippen molar-refractivity contribution in [3.05, 3.63) is 42.1 Å². The molecule has 126 valence electrons. The largest absolute Gasteiger partial charge is 0.481 e. The third kappa shape index (κ3) is 2.58. The van der Waals surface area contributed by atoms with Crippen molar-refractivity contribution in [3.8, 4) is 23.2 Å². The lowest BCUT2D eigenvalue weighted by atomic mass is 9.76. The van der Waals surface area contributed by atoms with Crippen LogP contribution in [0.15, 0.2) is 36.5 Å². The van der Waals surface area contributed by atoms with Crippen molar-refractivity contribution < 1.29 is 9.53 Å². The number of fused-ring (bicyclic) bond motifs is 1. The van der Waals surface area contributed by atoms with Gasteiger partial charge in [-0.1, -0.05) is 6.07 Å². The lowest BCUT2D eigenvalue weighted by Crippen LogP contribution is -2.43. The van der Waals surface area contributed by atoms with Gasteiger partial charge in [-0.3, -0.25) is 4.79 Å². The highest BCUT2D eigenvalue weighted by Crippen LogP contribution is 2.41. The lowest BCUT2D eigenvalue weighted by Gasteiger charge is -2.33. The summed E-state index contributed by atoms with van der Waals surface area (Å²) in [4.78, 5) is 18.5. The molecule has 1 aromatic carbocycles. The third-order valence-corrected chi connectivity index (χ3v) is 5.14. The minimum absolute atomic E-state index is 0.0246. The molecular weight excluding hydrogens is 316 g/mol. The maximum absolute atomic E-state index is 12.6. The van der Waals surface area contributed by atoms with Gasteiger partial charge in [-0.2, -0.15) is 5.26 Å². The zero-order valence-corrected chi connectivity index (χ0v) is 14.0. The molecule has 4 rings (SSSR count). The molecule has 1 unspecified atom stereocenters. The molecule has 3 heterocycles. The Balaban J connectivity index is 1.67. The van der Waals surface area contributed by atoms with Crippen molar-refractivity contribution in [2.45, 2.75) is 12.8 Å². The second-order valence-electron chi connectivity index (χ2n) is 6.64. The molecule has 1 saturated heterocycles. The Morgan fingerprint density at radius 2 is 2.16 bits per heavy atom. The molecule has 2 aliphatic rings. The molecule has 0 bridgehead atoms. The molecule has 1 spiro atoms. The second-order valence-corrected chi connectivity index (χ2v) is 6.64. The monoisotopic (exact) mass is 334 g/mol. The highest BCUT2D eigenvalue weighted by atomic mass is 16.5. The summed E-state index contributed by atoms with van der Waals surface area (Å²) >= 11 is 0. The number of hydrogen-bond donors (Lipinski definition) is 1. The highest BCUT2D eigenvalue weighted by molar-refractivity contribution is 5.99. The van der Waals surface area contributed by atoms with E-state index in [1.54, 1.807) is 18.2 Å². The van der Waals surface area contributed by atoms with Gasteiger partial charge in [0.25, 0.3) is 0 Å². The molecule has 1 atom stereocenters. The normalized spacial score (nSPS) is 21.6. The van der Waals surface area contributed by atoms with Crippen LogP contribution in [0.5, 0.6) is 5.88 Å². The summed E-state index contributed by atoms with van der Waals surface area (Å²) in [6, 6.07) is 9.83. The minimum atomic E-state index is -0.500. The Labute approximate surface area is 146 Å². The molecule has 2 aliphatic heterocycles. The molecule has 1 N–H and O–H groups in total. The molecule has 0 aliphatic carbocycles. The number of benzene rings is 1. The predicted octanol–water partition coefficient (Wildman–Crippen LogP) is 2.42. The van der Waals surface area contributed by atoms with Crippen molar-refractivity contribution in [3.63, 3.8) is 0 Å². The smallest absolute Gasteiger partial charge is 0.232 e. The second kappa shape index (κ2) is 5.78. The number of nitriles is 1. The quantitative estimate of drug-likeness (QED) is 0.854. The average Bonchev–Trinajstić information content (AvgIpc) is 3.07. The zero-order chi connectivity index (χ0) is 17.4. The fourth-order valence-corrected chi connectivity index (χ4v) is 3.70. The zero-order valence-electron chi connectivity index (χ0n) is 14.0. The van der Waals surface area contributed by atoms with E-state index in [0.29, 0.717) is 31.8 Å². The van der Waals surface area contributed by atoms with Gasteiger partial charge in [0.05, 0.1) is 12.5 Å². The van der Waals surface area contributed by atoms with Crippen molar-refractivity contribution in [1.82, 2.24) is 9.88 Å². The van der Waals surface area contributed by atoms with Gasteiger partial charge in [0.1, 0.15) is 0 Å². The van der Waals surface area contributed by atoms with Gasteiger partial charge >= 0.3 is 0 Å². The van der Waals surface area contributed by atoms with Gasteiger partial charge in [-0.15, -0.1) is 0 Å². The third-order valence-electron chi connectivity index (χ3n) is 5.14. The molecule has 1 fully saturated rings. The Morgan fingerprint density at radius 3 is 2.84 bits per heavy atom. The van der Waals surface area contributed by atoms with Crippen molar-refractivity contribution >= 4 is 11.6 Å². The number of anilines is 1. The molecule has 2 aromatic rings. The first-order chi connectivity index (χ1) is 12.1. The predicted molar refractivity (Wildman–Crippen MR) is 92.8 cm³/mol. The summed E-state index contributed by atoms with van der Waals surface area (Å²) in [5.41, 5.74) is 3.51. The number of rotatable bonds is 2. The fourth-order valence-electron chi connectivity index (χ4n) is 3.70. The molecule has 25 heavy (non-hydrogen) atoms. The van der Waals surface area contributed by atoms with Gasteiger partial charge < -0.3 is 15.0 Å². The number of likely N-dealkylation sites (tertiary alicyclic amines) is 1. The van der Waals surface area contributed by atoms with Crippen LogP contribution in [0.1, 0.15) is 12.0 Å². The van der Waals surface area contributed by atoms with Crippen LogP contribution in [0.4, 0.5) is 5.69 Å². The molecule has 6 heteroatoms. The SMILES string of the molecule is COc1ccc(-c2ccc3c(c2)CC2(CCN(C#N)C2)C(=O)N3)cn1. The van der Waals surface area contributed by atoms with E-state index in [9.17, 15) is 4.79 Å². The number of methoxy groups -OCH3 is 1. The number of hydrogen-bond acceptors (Lipinski definition) is 5. The Morgan fingerprint density at radius 1 is 1.32 bits per heavy atom. The molecule has 0 saturated carbocycles. The molecule has 0 radical (unpaired) electrons. The highest BCUT2D eigenvalue weighted by Gasteiger charge is 2.47. The first-order valence-electron chi connectivity index (χ1n) is 8.23. The summed E-state index contributed by atoms with van der Waals surface area (Å²) < 4.78 is 5.10. The van der Waals surface area contributed by atoms with E-state index < -0.39 is 5.41 Å². The topological polar surface area (TPSA) is 78.2 Å². The maximum atomic E-state index is 12.6. The van der Waals surface area contributed by atoms with E-state index in [1.807, 2.05) is 24.3 Å². The standard InChI is InChI=1S/C19H18N4O2/c1-25-17-5-3-14(10-21-17)13-2-4-16-15(8-13)9-19(18(24)22-16)6-7-23(11-19)12-20/h2-5,8,10H,6-7,9,11H2,1H3,(H,22,24). The number of amides is 1. The summed E-state index contributed by atoms with van der Waals surface area (Å²) in [5.74, 6) is 0.604. The van der Waals surface area contributed by atoms with Crippen LogP contribution in [-0.2, 0) is 11.2 Å². The number of nitrogens with zero attached hydrogens (tertiary/aromatic N) is 3. The van der Waals surface area contributed by atoms with E-state index in [0.717, 1.165) is 22.4 Å². The van der Waals surface area contributed by atoms with Crippen LogP contribution in [0.2, 0.25) is 0 Å². The van der Waals surface area contributed by atoms with Crippen LogP contribution >= 0.6 is 0 Å². The average molecular weight is 334 g/mol. The summed E-state index contributed by atoms with van der Waals surface area (Å²) in [6.07, 6.45) is 5.31. The van der Waals surface area contributed by atoms with Gasteiger partial charge in [0.15, 0.2) is 6.19 Å². The number of pyridine rings is 1. The molecule has 1 amide bonds. The van der Waals surface area contributed by atoms with Crippen molar-refractivity contribution in [1.29, 1.82) is 5.26 Å². The van der Waals surface area contributed by atoms with E-state index in [2.05, 4.69) is 22.6 Å². The number of ether oxygens (including phenoxy) is 1. The van der Waals surface area contributed by atoms with Gasteiger partial charge in [-0.25, -0.2) is 4.98 Å². The molecule has 1 aromatic heterocycles. The van der Waals surface area contributed by atoms with E-state index in [4.69, 9.17) is 10.00 Å². The van der Waals surface area contributed by atoms with Crippen LogP contribution in [0, 0.1) is 16.9 Å². The van der Waals surface area contributed by atoms with E-state index in [1.165, 1.54) is 0 Å². The van der Waals surface area contributed by atoms with Crippen LogP contribution in [0.25, 0.3) is 11.1 Å². The molecule has 6 nitrogen and oxygen atoms in total. The number of carbonyl (C=O) groups excluding carboxylic acids is 1. The first kappa shape index (κ1) is 15.5. The lowest BCUT2D eigenvalue weighted by molar-refractivity contribution is -0.125. The van der Waals surface area contributed by atoms with Crippen molar-refractivity contribution in [2.24, 2.45) is 5.41 Å². The summed E-state index contributed by atoms with van der Waals surface area (Å²) in [6.45, 7) is 1.13. The van der Waals surface area contributed by atoms with Crippen LogP contribution in [-0.4, -0.2) is 36.0 Å². The van der Waals surface area contributed by atoms with Gasteiger partial charge in [-0.05, 0) is 42.2 Å². The fraction of sp³-hybridized carbons (Fsp3) is 0.316. The van der Waals surface area contributed by atoms with Crippen molar-refractivity contribution in [2.75, 3.05) is 25.5 Å². The maximum Gasteiger partial charge on any atom is 0.232 e. The van der Waals surface area contributed by atoms with E-state index in [-0.39, 0.29) is 5.91 Å². The van der Waals surface area contributed by atoms with E-state index >= 15 is 0 Å². The Kier molecular flexibility index (Phi) is 3.57. The number of aromatic nitrogens is 1. The summed E-state index contributed by atoms with van der Waals surface area (Å²) in [5, 5.41) is 12.1. The van der Waals surface area contributed by atoms with Crippen LogP contribution in [0.3, 0.4) is 0 Å². The first-order valence-corrected chi connectivity index (χ1v) is 8.23.